The minimum Gasteiger partial charge on any atom is -0.491 e. The van der Waals surface area contributed by atoms with Crippen molar-refractivity contribution >= 4 is 38.7 Å². The van der Waals surface area contributed by atoms with Gasteiger partial charge in [0.15, 0.2) is 0 Å². The van der Waals surface area contributed by atoms with Crippen molar-refractivity contribution < 1.29 is 28.2 Å². The highest BCUT2D eigenvalue weighted by Crippen LogP contribution is 2.54. The topological polar surface area (TPSA) is 140 Å². The summed E-state index contributed by atoms with van der Waals surface area (Å²) in [6, 6.07) is 8.66. The first kappa shape index (κ1) is 27.5. The molecule has 1 saturated carbocycles. The predicted molar refractivity (Wildman–Crippen MR) is 152 cm³/mol. The molecule has 2 aliphatic heterocycles. The quantitative estimate of drug-likeness (QED) is 0.300. The SMILES string of the molecule is CC(C)(CO)Nc1cc(NC(=O)c2ccc(NS(=O)(=O)CCO)cc2N2CCC3(CC2)CC3)cc2c1OCC2. The summed E-state index contributed by atoms with van der Waals surface area (Å²) in [6.45, 7) is 5.36. The molecule has 2 aromatic rings. The van der Waals surface area contributed by atoms with Crippen LogP contribution in [0.25, 0.3) is 0 Å². The van der Waals surface area contributed by atoms with Crippen LogP contribution >= 0.6 is 0 Å². The first-order chi connectivity index (χ1) is 18.5. The Morgan fingerprint density at radius 2 is 1.82 bits per heavy atom. The Bertz CT molecular complexity index is 1350. The molecule has 0 radical (unpaired) electrons. The Hall–Kier alpha value is -3.02. The third-order valence-electron chi connectivity index (χ3n) is 7.91. The number of carbonyl (C=O) groups is 1. The number of amides is 1. The number of piperidine rings is 1. The number of nitrogens with one attached hydrogen (secondary N) is 3. The molecule has 1 saturated heterocycles. The standard InChI is InChI=1S/C28H38N4O6S/c1-27(2,18-34)30-23-16-21(15-19-5-13-38-25(19)23)29-26(35)22-4-3-20(31-39(36,37)14-12-33)17-24(22)32-10-8-28(6-7-28)9-11-32/h3-4,15-17,30-31,33-34H,5-14,18H2,1-2H3,(H,29,35). The van der Waals surface area contributed by atoms with Crippen molar-refractivity contribution in [3.05, 3.63) is 41.5 Å². The largest absolute Gasteiger partial charge is 0.491 e. The Labute approximate surface area is 229 Å². The van der Waals surface area contributed by atoms with Gasteiger partial charge in [0.25, 0.3) is 5.91 Å². The van der Waals surface area contributed by atoms with Crippen LogP contribution in [-0.4, -0.2) is 68.7 Å². The van der Waals surface area contributed by atoms with Crippen molar-refractivity contribution in [2.24, 2.45) is 5.41 Å². The fraction of sp³-hybridized carbons (Fsp3) is 0.536. The number of anilines is 4. The molecule has 1 amide bonds. The molecule has 11 heteroatoms. The number of carbonyl (C=O) groups excluding carboxylic acids is 1. The molecular weight excluding hydrogens is 520 g/mol. The molecule has 1 aliphatic carbocycles. The summed E-state index contributed by atoms with van der Waals surface area (Å²) in [6.07, 6.45) is 5.32. The normalized spacial score (nSPS) is 17.9. The lowest BCUT2D eigenvalue weighted by Gasteiger charge is -2.35. The van der Waals surface area contributed by atoms with E-state index in [1.54, 1.807) is 18.2 Å². The summed E-state index contributed by atoms with van der Waals surface area (Å²) in [5, 5.41) is 25.2. The molecule has 0 atom stereocenters. The minimum atomic E-state index is -3.71. The Kier molecular flexibility index (Phi) is 7.43. The number of nitrogens with zero attached hydrogens (tertiary/aromatic N) is 1. The maximum Gasteiger partial charge on any atom is 0.257 e. The maximum absolute atomic E-state index is 13.7. The highest BCUT2D eigenvalue weighted by molar-refractivity contribution is 7.92. The van der Waals surface area contributed by atoms with Crippen molar-refractivity contribution in [1.29, 1.82) is 0 Å². The average molecular weight is 559 g/mol. The molecule has 0 unspecified atom stereocenters. The summed E-state index contributed by atoms with van der Waals surface area (Å²) in [7, 11) is -3.71. The molecule has 2 fully saturated rings. The zero-order valence-corrected chi connectivity index (χ0v) is 23.4. The molecule has 5 rings (SSSR count). The van der Waals surface area contributed by atoms with E-state index in [4.69, 9.17) is 9.84 Å². The zero-order chi connectivity index (χ0) is 27.8. The van der Waals surface area contributed by atoms with Gasteiger partial charge in [-0.15, -0.1) is 0 Å². The molecule has 5 N–H and O–H groups in total. The van der Waals surface area contributed by atoms with Crippen molar-refractivity contribution in [3.63, 3.8) is 0 Å². The lowest BCUT2D eigenvalue weighted by molar-refractivity contribution is 0.102. The van der Waals surface area contributed by atoms with Gasteiger partial charge in [-0.25, -0.2) is 8.42 Å². The summed E-state index contributed by atoms with van der Waals surface area (Å²) >= 11 is 0. The average Bonchev–Trinajstić information content (AvgIpc) is 3.45. The second-order valence-electron chi connectivity index (χ2n) is 11.6. The van der Waals surface area contributed by atoms with E-state index in [2.05, 4.69) is 20.3 Å². The van der Waals surface area contributed by atoms with Crippen LogP contribution in [0.15, 0.2) is 30.3 Å². The predicted octanol–water partition coefficient (Wildman–Crippen LogP) is 3.17. The number of fused-ring (bicyclic) bond motifs is 1. The van der Waals surface area contributed by atoms with Crippen LogP contribution in [0.4, 0.5) is 22.7 Å². The fourth-order valence-electron chi connectivity index (χ4n) is 5.37. The molecule has 1 spiro atoms. The summed E-state index contributed by atoms with van der Waals surface area (Å²) in [5.74, 6) is 0.0345. The van der Waals surface area contributed by atoms with Gasteiger partial charge in [-0.1, -0.05) is 0 Å². The number of sulfonamides is 1. The van der Waals surface area contributed by atoms with E-state index >= 15 is 0 Å². The minimum absolute atomic E-state index is 0.0761. The third kappa shape index (κ3) is 6.26. The van der Waals surface area contributed by atoms with Crippen LogP contribution < -0.4 is 25.0 Å². The Balaban J connectivity index is 1.43. The molecule has 0 aromatic heterocycles. The van der Waals surface area contributed by atoms with Gasteiger partial charge in [-0.05, 0) is 75.3 Å². The van der Waals surface area contributed by atoms with Gasteiger partial charge >= 0.3 is 0 Å². The third-order valence-corrected chi connectivity index (χ3v) is 9.17. The highest BCUT2D eigenvalue weighted by atomic mass is 32.2. The van der Waals surface area contributed by atoms with Crippen LogP contribution in [0.2, 0.25) is 0 Å². The van der Waals surface area contributed by atoms with Gasteiger partial charge < -0.3 is 30.5 Å². The molecular formula is C28H38N4O6S. The molecule has 10 nitrogen and oxygen atoms in total. The van der Waals surface area contributed by atoms with Crippen molar-refractivity contribution in [2.45, 2.75) is 51.5 Å². The number of hydrogen-bond acceptors (Lipinski definition) is 8. The first-order valence-corrected chi connectivity index (χ1v) is 15.2. The van der Waals surface area contributed by atoms with E-state index < -0.39 is 27.9 Å². The molecule has 212 valence electrons. The van der Waals surface area contributed by atoms with E-state index in [-0.39, 0.29) is 12.5 Å². The summed E-state index contributed by atoms with van der Waals surface area (Å²) in [5.41, 5.74) is 3.64. The van der Waals surface area contributed by atoms with Crippen molar-refractivity contribution in [3.8, 4) is 5.75 Å². The van der Waals surface area contributed by atoms with E-state index in [0.717, 1.165) is 43.7 Å². The van der Waals surface area contributed by atoms with Crippen LogP contribution in [0.3, 0.4) is 0 Å². The van der Waals surface area contributed by atoms with Gasteiger partial charge in [-0.2, -0.15) is 0 Å². The smallest absolute Gasteiger partial charge is 0.257 e. The molecule has 0 bridgehead atoms. The van der Waals surface area contributed by atoms with E-state index in [9.17, 15) is 18.3 Å². The summed E-state index contributed by atoms with van der Waals surface area (Å²) in [4.78, 5) is 15.8. The summed E-state index contributed by atoms with van der Waals surface area (Å²) < 4.78 is 32.9. The molecule has 2 aromatic carbocycles. The van der Waals surface area contributed by atoms with Crippen LogP contribution in [-0.2, 0) is 16.4 Å². The van der Waals surface area contributed by atoms with Crippen LogP contribution in [0.1, 0.15) is 55.5 Å². The van der Waals surface area contributed by atoms with Gasteiger partial charge in [-0.3, -0.25) is 9.52 Å². The lowest BCUT2D eigenvalue weighted by Crippen LogP contribution is -2.36. The van der Waals surface area contributed by atoms with Crippen molar-refractivity contribution in [1.82, 2.24) is 0 Å². The molecule has 2 heterocycles. The van der Waals surface area contributed by atoms with Crippen LogP contribution in [0.5, 0.6) is 5.75 Å². The van der Waals surface area contributed by atoms with Gasteiger partial charge in [0.05, 0.1) is 53.7 Å². The van der Waals surface area contributed by atoms with Crippen LogP contribution in [0, 0.1) is 5.41 Å². The zero-order valence-electron chi connectivity index (χ0n) is 22.5. The molecule has 39 heavy (non-hydrogen) atoms. The molecule has 3 aliphatic rings. The number of benzene rings is 2. The Morgan fingerprint density at radius 3 is 2.49 bits per heavy atom. The number of hydrogen-bond donors (Lipinski definition) is 5. The number of ether oxygens (including phenoxy) is 1. The van der Waals surface area contributed by atoms with Gasteiger partial charge in [0.2, 0.25) is 10.0 Å². The highest BCUT2D eigenvalue weighted by Gasteiger charge is 2.44. The first-order valence-electron chi connectivity index (χ1n) is 13.5. The number of aliphatic hydroxyl groups is 2. The maximum atomic E-state index is 13.7. The van der Waals surface area contributed by atoms with E-state index in [1.807, 2.05) is 26.0 Å². The Morgan fingerprint density at radius 1 is 1.08 bits per heavy atom. The fourth-order valence-corrected chi connectivity index (χ4v) is 6.20. The second kappa shape index (κ2) is 10.5. The lowest BCUT2D eigenvalue weighted by atomic mass is 9.93. The number of aliphatic hydroxyl groups excluding tert-OH is 2. The van der Waals surface area contributed by atoms with E-state index in [1.165, 1.54) is 12.8 Å². The monoisotopic (exact) mass is 558 g/mol. The van der Waals surface area contributed by atoms with Crippen molar-refractivity contribution in [2.75, 3.05) is 58.9 Å². The van der Waals surface area contributed by atoms with Gasteiger partial charge in [0, 0.05) is 30.8 Å². The number of rotatable bonds is 10. The van der Waals surface area contributed by atoms with Gasteiger partial charge in [0.1, 0.15) is 5.75 Å². The second-order valence-corrected chi connectivity index (χ2v) is 13.4. The van der Waals surface area contributed by atoms with E-state index in [0.29, 0.717) is 40.3 Å².